The summed E-state index contributed by atoms with van der Waals surface area (Å²) >= 11 is 0. The fraction of sp³-hybridized carbons (Fsp3) is 0.658. The molecule has 1 aromatic heterocycles. The molecule has 372 valence electrons. The molecule has 25 N–H and O–H groups in total. The molecule has 0 aliphatic carbocycles. The molecule has 0 unspecified atom stereocenters. The molecule has 0 fully saturated rings. The Hall–Kier alpha value is -6.65. The highest BCUT2D eigenvalue weighted by Gasteiger charge is 2.33. The first-order valence-corrected chi connectivity index (χ1v) is 21.5. The normalized spacial score (nSPS) is 14.1. The lowest BCUT2D eigenvalue weighted by molar-refractivity contribution is -0.142. The monoisotopic (exact) mass is 939 g/mol. The van der Waals surface area contributed by atoms with Crippen LogP contribution in [0.1, 0.15) is 82.7 Å². The van der Waals surface area contributed by atoms with Crippen molar-refractivity contribution >= 4 is 59.2 Å². The third kappa shape index (κ3) is 23.9. The molecule has 0 aliphatic rings. The number of guanidine groups is 2. The van der Waals surface area contributed by atoms with Crippen LogP contribution < -0.4 is 77.8 Å². The maximum atomic E-state index is 14.1. The molecule has 0 bridgehead atoms. The molecule has 0 saturated heterocycles. The second-order valence-electron chi connectivity index (χ2n) is 15.2. The number of nitrogens with zero attached hydrogens (tertiary/aromatic N) is 3. The summed E-state index contributed by atoms with van der Waals surface area (Å²) in [5.74, 6) is -7.88. The lowest BCUT2D eigenvalue weighted by atomic mass is 10.0. The van der Waals surface area contributed by atoms with Crippen LogP contribution >= 0.6 is 0 Å². The van der Waals surface area contributed by atoms with E-state index in [9.17, 15) is 48.6 Å². The number of rotatable bonds is 35. The van der Waals surface area contributed by atoms with E-state index in [1.54, 1.807) is 0 Å². The summed E-state index contributed by atoms with van der Waals surface area (Å²) in [4.78, 5) is 119. The second-order valence-corrected chi connectivity index (χ2v) is 15.2. The van der Waals surface area contributed by atoms with E-state index in [0.717, 1.165) is 0 Å². The van der Waals surface area contributed by atoms with Gasteiger partial charge in [0, 0.05) is 37.8 Å². The first kappa shape index (κ1) is 57.4. The molecule has 1 aromatic rings. The van der Waals surface area contributed by atoms with Crippen LogP contribution in [0.15, 0.2) is 22.5 Å². The van der Waals surface area contributed by atoms with Crippen LogP contribution in [0.4, 0.5) is 0 Å². The SMILES string of the molecule is NCCCC[C@H](NC(=O)[C@H](CCCCN)NC(=O)[C@H](CCCN=C(N)N)NC(=O)[C@H](CO)NC(=O)[C@@H](N)Cc1cnc[nH]1)C(=O)N[C@@H](CCCN=C(N)N)C(=O)N[C@@H](CCC(N)=O)C(=O)O. The summed E-state index contributed by atoms with van der Waals surface area (Å²) in [6.07, 6.45) is 3.88. The number of carboxylic acid groups (broad SMARTS) is 1. The van der Waals surface area contributed by atoms with Crippen molar-refractivity contribution in [2.45, 2.75) is 126 Å². The summed E-state index contributed by atoms with van der Waals surface area (Å²) in [5, 5.41) is 34.8. The van der Waals surface area contributed by atoms with Gasteiger partial charge in [0.1, 0.15) is 36.3 Å². The zero-order chi connectivity index (χ0) is 49.6. The number of aliphatic imine (C=N–C) groups is 2. The number of aromatic amines is 1. The number of carbonyl (C=O) groups excluding carboxylic acids is 7. The fourth-order valence-electron chi connectivity index (χ4n) is 6.17. The Bertz CT molecular complexity index is 1760. The minimum absolute atomic E-state index is 0.0141. The number of aliphatic hydroxyl groups excluding tert-OH is 1. The molecule has 0 radical (unpaired) electrons. The molecule has 7 atom stereocenters. The molecule has 0 saturated carbocycles. The molecule has 0 aromatic carbocycles. The average Bonchev–Trinajstić information content (AvgIpc) is 3.77. The Morgan fingerprint density at radius 3 is 1.32 bits per heavy atom. The summed E-state index contributed by atoms with van der Waals surface area (Å²) in [6, 6.07) is -9.61. The number of hydrogen-bond acceptors (Lipinski definition) is 15. The van der Waals surface area contributed by atoms with E-state index in [1.807, 2.05) is 0 Å². The first-order valence-electron chi connectivity index (χ1n) is 21.5. The standard InChI is InChI=1S/C38H70N18O10/c39-13-3-1-7-23(52-33(62)25(9-5-15-48-37(43)44)54-35(64)28(19-57)56-30(59)22(41)17-21-18-47-20-50-21)31(60)51-24(8-2-4-14-40)32(61)53-26(10-6-16-49-38(45)46)34(63)55-27(36(65)66)11-12-29(42)58/h18,20,22-28,57H,1-17,19,39-41H2,(H2,42,58)(H,47,50)(H,51,60)(H,52,62)(H,53,61)(H,54,64)(H,55,63)(H,56,59)(H,65,66)(H4,43,44,48)(H4,45,46,49)/t22-,23-,24-,25-,26-,27-,28-/m0/s1. The van der Waals surface area contributed by atoms with Gasteiger partial charge in [0.15, 0.2) is 11.9 Å². The molecule has 28 heteroatoms. The highest BCUT2D eigenvalue weighted by Crippen LogP contribution is 2.10. The molecule has 0 spiro atoms. The van der Waals surface area contributed by atoms with Crippen LogP contribution in [0.3, 0.4) is 0 Å². The number of aromatic nitrogens is 2. The van der Waals surface area contributed by atoms with E-state index in [-0.39, 0.29) is 95.9 Å². The highest BCUT2D eigenvalue weighted by atomic mass is 16.4. The lowest BCUT2D eigenvalue weighted by Crippen LogP contribution is -2.60. The third-order valence-corrected chi connectivity index (χ3v) is 9.76. The summed E-state index contributed by atoms with van der Waals surface area (Å²) in [7, 11) is 0. The number of amides is 7. The number of unbranched alkanes of at least 4 members (excludes halogenated alkanes) is 2. The zero-order valence-corrected chi connectivity index (χ0v) is 37.0. The number of imidazole rings is 1. The molecular formula is C38H70N18O10. The maximum Gasteiger partial charge on any atom is 0.326 e. The van der Waals surface area contributed by atoms with Crippen molar-refractivity contribution in [1.29, 1.82) is 0 Å². The Morgan fingerprint density at radius 2 is 0.970 bits per heavy atom. The quantitative estimate of drug-likeness (QED) is 0.0171. The van der Waals surface area contributed by atoms with Crippen molar-refractivity contribution in [3.63, 3.8) is 0 Å². The second kappa shape index (κ2) is 32.1. The van der Waals surface area contributed by atoms with Gasteiger partial charge in [-0.3, -0.25) is 43.5 Å². The summed E-state index contributed by atoms with van der Waals surface area (Å²) in [5.41, 5.74) is 44.8. The Kier molecular flexibility index (Phi) is 27.9. The van der Waals surface area contributed by atoms with Crippen LogP contribution in [0, 0.1) is 0 Å². The molecule has 1 heterocycles. The van der Waals surface area contributed by atoms with Gasteiger partial charge in [0.2, 0.25) is 41.4 Å². The third-order valence-electron chi connectivity index (χ3n) is 9.76. The van der Waals surface area contributed by atoms with Gasteiger partial charge in [-0.15, -0.1) is 0 Å². The van der Waals surface area contributed by atoms with Crippen molar-refractivity contribution in [2.24, 2.45) is 55.9 Å². The summed E-state index contributed by atoms with van der Waals surface area (Å²) in [6.45, 7) is -0.302. The minimum atomic E-state index is -1.54. The van der Waals surface area contributed by atoms with Gasteiger partial charge in [-0.2, -0.15) is 0 Å². The number of carbonyl (C=O) groups is 8. The van der Waals surface area contributed by atoms with Crippen molar-refractivity contribution in [1.82, 2.24) is 41.9 Å². The van der Waals surface area contributed by atoms with E-state index < -0.39 is 96.2 Å². The first-order chi connectivity index (χ1) is 31.3. The topological polar surface area (TPSA) is 511 Å². The number of hydrogen-bond donors (Lipinski definition) is 17. The predicted octanol–water partition coefficient (Wildman–Crippen LogP) is -7.10. The van der Waals surface area contributed by atoms with Crippen LogP contribution in [0.5, 0.6) is 0 Å². The molecule has 0 aliphatic heterocycles. The molecular weight excluding hydrogens is 869 g/mol. The van der Waals surface area contributed by atoms with E-state index in [0.29, 0.717) is 31.4 Å². The molecule has 1 rings (SSSR count). The van der Waals surface area contributed by atoms with E-state index in [1.165, 1.54) is 12.5 Å². The average molecular weight is 939 g/mol. The number of aliphatic carboxylic acids is 1. The largest absolute Gasteiger partial charge is 0.480 e. The van der Waals surface area contributed by atoms with Crippen molar-refractivity contribution in [2.75, 3.05) is 32.8 Å². The van der Waals surface area contributed by atoms with Crippen molar-refractivity contribution in [3.05, 3.63) is 18.2 Å². The van der Waals surface area contributed by atoms with Crippen LogP contribution in [0.2, 0.25) is 0 Å². The highest BCUT2D eigenvalue weighted by molar-refractivity contribution is 5.97. The number of nitrogens with two attached hydrogens (primary N) is 8. The van der Waals surface area contributed by atoms with Gasteiger partial charge in [-0.1, -0.05) is 0 Å². The molecule has 28 nitrogen and oxygen atoms in total. The minimum Gasteiger partial charge on any atom is -0.480 e. The Balaban J connectivity index is 3.42. The number of H-pyrrole nitrogens is 1. The van der Waals surface area contributed by atoms with Gasteiger partial charge in [-0.25, -0.2) is 9.78 Å². The zero-order valence-electron chi connectivity index (χ0n) is 37.0. The molecule has 66 heavy (non-hydrogen) atoms. The van der Waals surface area contributed by atoms with E-state index in [2.05, 4.69) is 51.9 Å². The Morgan fingerprint density at radius 1 is 0.576 bits per heavy atom. The maximum absolute atomic E-state index is 14.1. The van der Waals surface area contributed by atoms with Gasteiger partial charge in [-0.05, 0) is 83.7 Å². The van der Waals surface area contributed by atoms with Gasteiger partial charge < -0.3 is 93.0 Å². The van der Waals surface area contributed by atoms with Crippen molar-refractivity contribution in [3.8, 4) is 0 Å². The van der Waals surface area contributed by atoms with Crippen molar-refractivity contribution < 1.29 is 48.6 Å². The lowest BCUT2D eigenvalue weighted by Gasteiger charge is -2.27. The number of carboxylic acids is 1. The van der Waals surface area contributed by atoms with E-state index in [4.69, 9.17) is 45.9 Å². The number of primary amides is 1. The number of aliphatic hydroxyl groups is 1. The smallest absolute Gasteiger partial charge is 0.326 e. The van der Waals surface area contributed by atoms with Crippen LogP contribution in [-0.4, -0.2) is 154 Å². The van der Waals surface area contributed by atoms with Crippen LogP contribution in [0.25, 0.3) is 0 Å². The van der Waals surface area contributed by atoms with E-state index >= 15 is 0 Å². The van der Waals surface area contributed by atoms with Gasteiger partial charge >= 0.3 is 5.97 Å². The molecule has 7 amide bonds. The van der Waals surface area contributed by atoms with Crippen LogP contribution in [-0.2, 0) is 44.8 Å². The van der Waals surface area contributed by atoms with Gasteiger partial charge in [0.25, 0.3) is 0 Å². The Labute approximate surface area is 381 Å². The number of nitrogens with one attached hydrogen (secondary N) is 7. The predicted molar refractivity (Wildman–Crippen MR) is 241 cm³/mol. The summed E-state index contributed by atoms with van der Waals surface area (Å²) < 4.78 is 0. The van der Waals surface area contributed by atoms with Gasteiger partial charge in [0.05, 0.1) is 19.0 Å². The fourth-order valence-corrected chi connectivity index (χ4v) is 6.17.